The van der Waals surface area contributed by atoms with Crippen LogP contribution in [0.3, 0.4) is 0 Å². The lowest BCUT2D eigenvalue weighted by Gasteiger charge is -2.04. The molecule has 0 radical (unpaired) electrons. The number of hydrogen-bond donors (Lipinski definition) is 1. The highest BCUT2D eigenvalue weighted by molar-refractivity contribution is 6.30. The van der Waals surface area contributed by atoms with Crippen LogP contribution in [0.25, 0.3) is 5.65 Å². The van der Waals surface area contributed by atoms with Crippen molar-refractivity contribution in [1.82, 2.24) is 14.6 Å². The minimum absolute atomic E-state index is 0.526. The molecule has 2 aromatic rings. The highest BCUT2D eigenvalue weighted by Gasteiger charge is 2.10. The Kier molecular flexibility index (Phi) is 2.52. The second kappa shape index (κ2) is 3.70. The van der Waals surface area contributed by atoms with Gasteiger partial charge in [0.05, 0.1) is 10.7 Å². The van der Waals surface area contributed by atoms with E-state index in [0.29, 0.717) is 22.3 Å². The lowest BCUT2D eigenvalue weighted by Crippen LogP contribution is -2.01. The fourth-order valence-corrected chi connectivity index (χ4v) is 1.75. The highest BCUT2D eigenvalue weighted by atomic mass is 35.5. The van der Waals surface area contributed by atoms with Crippen LogP contribution >= 0.6 is 11.6 Å². The van der Waals surface area contributed by atoms with Gasteiger partial charge in [-0.3, -0.25) is 4.40 Å². The summed E-state index contributed by atoms with van der Waals surface area (Å²) in [7, 11) is 0. The van der Waals surface area contributed by atoms with Crippen molar-refractivity contribution in [1.29, 1.82) is 0 Å². The highest BCUT2D eigenvalue weighted by Crippen LogP contribution is 2.19. The third kappa shape index (κ3) is 1.90. The van der Waals surface area contributed by atoms with Gasteiger partial charge in [-0.05, 0) is 12.0 Å². The standard InChI is InChI=1S/C10H13ClN4/c1-6(2)3-9-13-14-10-8(12)4-7(11)5-15(9)10/h4-6H,3,12H2,1-2H3. The molecule has 0 amide bonds. The topological polar surface area (TPSA) is 56.2 Å². The normalized spacial score (nSPS) is 11.5. The Labute approximate surface area is 93.1 Å². The van der Waals surface area contributed by atoms with E-state index in [1.165, 1.54) is 0 Å². The summed E-state index contributed by atoms with van der Waals surface area (Å²) in [6, 6.07) is 1.69. The largest absolute Gasteiger partial charge is 0.396 e. The van der Waals surface area contributed by atoms with Gasteiger partial charge < -0.3 is 5.73 Å². The Hall–Kier alpha value is -1.29. The molecule has 0 saturated carbocycles. The maximum absolute atomic E-state index is 5.93. The maximum atomic E-state index is 5.93. The molecule has 0 atom stereocenters. The van der Waals surface area contributed by atoms with Gasteiger partial charge in [-0.2, -0.15) is 0 Å². The molecule has 0 spiro atoms. The molecule has 2 N–H and O–H groups in total. The predicted octanol–water partition coefficient (Wildman–Crippen LogP) is 2.16. The number of nitrogen functional groups attached to an aromatic ring is 1. The molecule has 0 unspecified atom stereocenters. The number of hydrogen-bond acceptors (Lipinski definition) is 3. The van der Waals surface area contributed by atoms with E-state index in [0.717, 1.165) is 12.2 Å². The number of aromatic nitrogens is 3. The van der Waals surface area contributed by atoms with Crippen molar-refractivity contribution in [3.63, 3.8) is 0 Å². The minimum Gasteiger partial charge on any atom is -0.396 e. The number of nitrogens with zero attached hydrogens (tertiary/aromatic N) is 3. The summed E-state index contributed by atoms with van der Waals surface area (Å²) < 4.78 is 1.86. The van der Waals surface area contributed by atoms with Gasteiger partial charge in [-0.15, -0.1) is 10.2 Å². The van der Waals surface area contributed by atoms with Gasteiger partial charge in [0.2, 0.25) is 0 Å². The van der Waals surface area contributed by atoms with Crippen molar-refractivity contribution < 1.29 is 0 Å². The summed E-state index contributed by atoms with van der Waals surface area (Å²) in [5.74, 6) is 1.42. The zero-order valence-electron chi connectivity index (χ0n) is 8.74. The molecule has 0 aromatic carbocycles. The van der Waals surface area contributed by atoms with Crippen molar-refractivity contribution in [2.45, 2.75) is 20.3 Å². The van der Waals surface area contributed by atoms with Crippen molar-refractivity contribution in [2.75, 3.05) is 5.73 Å². The van der Waals surface area contributed by atoms with Crippen LogP contribution in [0.4, 0.5) is 5.69 Å². The molecule has 0 aliphatic rings. The molecule has 0 bridgehead atoms. The maximum Gasteiger partial charge on any atom is 0.184 e. The SMILES string of the molecule is CC(C)Cc1nnc2c(N)cc(Cl)cn12. The number of anilines is 1. The number of halogens is 1. The minimum atomic E-state index is 0.526. The molecule has 15 heavy (non-hydrogen) atoms. The summed E-state index contributed by atoms with van der Waals surface area (Å²) in [5, 5.41) is 8.76. The van der Waals surface area contributed by atoms with Crippen molar-refractivity contribution in [2.24, 2.45) is 5.92 Å². The van der Waals surface area contributed by atoms with Gasteiger partial charge in [0.15, 0.2) is 5.65 Å². The van der Waals surface area contributed by atoms with Gasteiger partial charge in [-0.25, -0.2) is 0 Å². The number of pyridine rings is 1. The number of fused-ring (bicyclic) bond motifs is 1. The van der Waals surface area contributed by atoms with Gasteiger partial charge in [0, 0.05) is 12.6 Å². The first-order valence-corrected chi connectivity index (χ1v) is 5.24. The molecule has 0 saturated heterocycles. The molecule has 2 heterocycles. The monoisotopic (exact) mass is 224 g/mol. The van der Waals surface area contributed by atoms with Gasteiger partial charge in [-0.1, -0.05) is 25.4 Å². The Balaban J connectivity index is 2.58. The molecule has 2 rings (SSSR count). The van der Waals surface area contributed by atoms with E-state index in [9.17, 15) is 0 Å². The van der Waals surface area contributed by atoms with Crippen LogP contribution in [0, 0.1) is 5.92 Å². The number of nitrogens with two attached hydrogens (primary N) is 1. The van der Waals surface area contributed by atoms with Crippen molar-refractivity contribution in [3.05, 3.63) is 23.1 Å². The third-order valence-electron chi connectivity index (χ3n) is 2.16. The molecule has 0 aliphatic heterocycles. The van der Waals surface area contributed by atoms with Crippen LogP contribution in [-0.2, 0) is 6.42 Å². The van der Waals surface area contributed by atoms with Crippen LogP contribution < -0.4 is 5.73 Å². The zero-order valence-corrected chi connectivity index (χ0v) is 9.49. The van der Waals surface area contributed by atoms with Crippen molar-refractivity contribution in [3.8, 4) is 0 Å². The summed E-state index contributed by atoms with van der Waals surface area (Å²) >= 11 is 5.93. The Morgan fingerprint density at radius 1 is 1.47 bits per heavy atom. The second-order valence-corrected chi connectivity index (χ2v) is 4.46. The van der Waals surface area contributed by atoms with Crippen LogP contribution in [0.15, 0.2) is 12.3 Å². The van der Waals surface area contributed by atoms with Crippen LogP contribution in [0.5, 0.6) is 0 Å². The second-order valence-electron chi connectivity index (χ2n) is 4.02. The summed E-state index contributed by atoms with van der Waals surface area (Å²) in [4.78, 5) is 0. The molecular formula is C10H13ClN4. The van der Waals surface area contributed by atoms with E-state index in [1.807, 2.05) is 4.40 Å². The molecule has 4 nitrogen and oxygen atoms in total. The molecule has 80 valence electrons. The Morgan fingerprint density at radius 3 is 2.87 bits per heavy atom. The summed E-state index contributed by atoms with van der Waals surface area (Å²) in [6.07, 6.45) is 2.66. The smallest absolute Gasteiger partial charge is 0.184 e. The molecule has 2 aromatic heterocycles. The van der Waals surface area contributed by atoms with Crippen molar-refractivity contribution >= 4 is 22.9 Å². The quantitative estimate of drug-likeness (QED) is 0.851. The molecule has 5 heteroatoms. The average molecular weight is 225 g/mol. The van der Waals surface area contributed by atoms with Gasteiger partial charge >= 0.3 is 0 Å². The third-order valence-corrected chi connectivity index (χ3v) is 2.37. The first-order valence-electron chi connectivity index (χ1n) is 4.86. The van der Waals surface area contributed by atoms with E-state index >= 15 is 0 Å². The fourth-order valence-electron chi connectivity index (χ4n) is 1.53. The van der Waals surface area contributed by atoms with E-state index in [2.05, 4.69) is 24.0 Å². The molecule has 0 fully saturated rings. The van der Waals surface area contributed by atoms with Crippen LogP contribution in [0.2, 0.25) is 5.02 Å². The van der Waals surface area contributed by atoms with E-state index in [4.69, 9.17) is 17.3 Å². The van der Waals surface area contributed by atoms with E-state index in [-0.39, 0.29) is 0 Å². The Bertz CT molecular complexity index is 489. The van der Waals surface area contributed by atoms with Crippen LogP contribution in [-0.4, -0.2) is 14.6 Å². The molecular weight excluding hydrogens is 212 g/mol. The van der Waals surface area contributed by atoms with Gasteiger partial charge in [0.1, 0.15) is 5.82 Å². The van der Waals surface area contributed by atoms with E-state index in [1.54, 1.807) is 12.3 Å². The summed E-state index contributed by atoms with van der Waals surface area (Å²) in [5.41, 5.74) is 7.03. The zero-order chi connectivity index (χ0) is 11.0. The first kappa shape index (κ1) is 10.2. The van der Waals surface area contributed by atoms with Crippen LogP contribution in [0.1, 0.15) is 19.7 Å². The number of rotatable bonds is 2. The predicted molar refractivity (Wildman–Crippen MR) is 61.0 cm³/mol. The van der Waals surface area contributed by atoms with E-state index < -0.39 is 0 Å². The lowest BCUT2D eigenvalue weighted by molar-refractivity contribution is 0.616. The first-order chi connectivity index (χ1) is 7.08. The lowest BCUT2D eigenvalue weighted by atomic mass is 10.1. The van der Waals surface area contributed by atoms with Gasteiger partial charge in [0.25, 0.3) is 0 Å². The average Bonchev–Trinajstić information content (AvgIpc) is 2.48. The summed E-state index contributed by atoms with van der Waals surface area (Å²) in [6.45, 7) is 4.27. The Morgan fingerprint density at radius 2 is 2.20 bits per heavy atom. The fraction of sp³-hybridized carbons (Fsp3) is 0.400. The molecule has 0 aliphatic carbocycles.